The van der Waals surface area contributed by atoms with Gasteiger partial charge in [-0.25, -0.2) is 0 Å². The van der Waals surface area contributed by atoms with Crippen LogP contribution >= 0.6 is 7.92 Å². The summed E-state index contributed by atoms with van der Waals surface area (Å²) in [7, 11) is 12.0. The first kappa shape index (κ1) is 20.2. The van der Waals surface area contributed by atoms with Crippen LogP contribution in [0.1, 0.15) is 0 Å². The van der Waals surface area contributed by atoms with Crippen LogP contribution in [0.4, 0.5) is 17.1 Å². The molecule has 0 unspecified atom stereocenters. The molecule has 0 amide bonds. The van der Waals surface area contributed by atoms with Crippen molar-refractivity contribution in [2.45, 2.75) is 0 Å². The van der Waals surface area contributed by atoms with Gasteiger partial charge < -0.3 is 14.7 Å². The van der Waals surface area contributed by atoms with Gasteiger partial charge in [0.15, 0.2) is 0 Å². The van der Waals surface area contributed by atoms with E-state index in [0.29, 0.717) is 0 Å². The maximum Gasteiger partial charge on any atom is 0.0445 e. The predicted molar refractivity (Wildman–Crippen MR) is 128 cm³/mol. The Morgan fingerprint density at radius 3 is 0.929 bits per heavy atom. The molecule has 28 heavy (non-hydrogen) atoms. The summed E-state index contributed by atoms with van der Waals surface area (Å²) in [6, 6.07) is 26.4. The van der Waals surface area contributed by atoms with Gasteiger partial charge in [0.2, 0.25) is 0 Å². The number of anilines is 3. The van der Waals surface area contributed by atoms with Crippen LogP contribution in [0, 0.1) is 0 Å². The third-order valence-corrected chi connectivity index (χ3v) is 7.39. The third kappa shape index (κ3) is 4.00. The average molecular weight is 391 g/mol. The molecule has 0 N–H and O–H groups in total. The summed E-state index contributed by atoms with van der Waals surface area (Å²) in [6.07, 6.45) is 0. The van der Waals surface area contributed by atoms with Gasteiger partial charge in [-0.05, 0) is 26.1 Å². The molecular weight excluding hydrogens is 361 g/mol. The minimum absolute atomic E-state index is 0.731. The summed E-state index contributed by atoms with van der Waals surface area (Å²) in [5.74, 6) is 0. The molecule has 0 aliphatic heterocycles. The molecule has 0 fully saturated rings. The number of para-hydroxylation sites is 3. The van der Waals surface area contributed by atoms with E-state index in [1.54, 1.807) is 0 Å². The van der Waals surface area contributed by atoms with Gasteiger partial charge in [-0.15, -0.1) is 0 Å². The number of nitrogens with zero attached hydrogens (tertiary/aromatic N) is 3. The monoisotopic (exact) mass is 391 g/mol. The molecule has 0 aliphatic carbocycles. The Balaban J connectivity index is 2.35. The number of benzene rings is 3. The second-order valence-electron chi connectivity index (χ2n) is 7.48. The lowest BCUT2D eigenvalue weighted by Gasteiger charge is -2.31. The fourth-order valence-electron chi connectivity index (χ4n) is 3.48. The van der Waals surface area contributed by atoms with E-state index in [-0.39, 0.29) is 0 Å². The molecule has 0 bridgehead atoms. The lowest BCUT2D eigenvalue weighted by molar-refractivity contribution is 1.14. The second kappa shape index (κ2) is 8.67. The van der Waals surface area contributed by atoms with Crippen LogP contribution < -0.4 is 30.6 Å². The zero-order valence-corrected chi connectivity index (χ0v) is 18.6. The molecule has 0 atom stereocenters. The summed E-state index contributed by atoms with van der Waals surface area (Å²) in [5, 5.41) is 4.14. The minimum atomic E-state index is -0.731. The Labute approximate surface area is 171 Å². The molecule has 4 heteroatoms. The SMILES string of the molecule is CN(C)c1ccccc1P(c1ccccc1N(C)C)c1ccccc1N(C)C. The fraction of sp³-hybridized carbons (Fsp3) is 0.250. The van der Waals surface area contributed by atoms with Gasteiger partial charge in [0.05, 0.1) is 0 Å². The van der Waals surface area contributed by atoms with Gasteiger partial charge in [-0.3, -0.25) is 0 Å². The Morgan fingerprint density at radius 1 is 0.429 bits per heavy atom. The molecule has 0 radical (unpaired) electrons. The van der Waals surface area contributed by atoms with Crippen LogP contribution in [0.2, 0.25) is 0 Å². The molecule has 3 aromatic rings. The molecule has 3 rings (SSSR count). The van der Waals surface area contributed by atoms with Crippen molar-refractivity contribution in [2.24, 2.45) is 0 Å². The normalized spacial score (nSPS) is 10.8. The molecule has 146 valence electrons. The van der Waals surface area contributed by atoms with Crippen molar-refractivity contribution in [3.8, 4) is 0 Å². The molecule has 0 aromatic heterocycles. The molecular formula is C24H30N3P. The highest BCUT2D eigenvalue weighted by Gasteiger charge is 2.25. The standard InChI is InChI=1S/C24H30N3P/c1-25(2)19-13-7-10-16-22(19)28(23-17-11-8-14-20(23)26(3)4)24-18-12-9-15-21(24)27(5)6/h7-18H,1-6H3. The molecule has 0 saturated heterocycles. The Kier molecular flexibility index (Phi) is 6.26. The largest absolute Gasteiger partial charge is 0.377 e. The summed E-state index contributed by atoms with van der Waals surface area (Å²) < 4.78 is 0. The summed E-state index contributed by atoms with van der Waals surface area (Å²) >= 11 is 0. The summed E-state index contributed by atoms with van der Waals surface area (Å²) in [6.45, 7) is 0. The maximum atomic E-state index is 2.29. The third-order valence-electron chi connectivity index (χ3n) is 4.81. The van der Waals surface area contributed by atoms with Gasteiger partial charge in [-0.1, -0.05) is 54.6 Å². The minimum Gasteiger partial charge on any atom is -0.377 e. The van der Waals surface area contributed by atoms with Crippen LogP contribution in [0.3, 0.4) is 0 Å². The number of rotatable bonds is 6. The van der Waals surface area contributed by atoms with Gasteiger partial charge in [0.1, 0.15) is 0 Å². The molecule has 0 spiro atoms. The number of hydrogen-bond donors (Lipinski definition) is 0. The molecule has 3 nitrogen and oxygen atoms in total. The lowest BCUT2D eigenvalue weighted by Crippen LogP contribution is -2.31. The van der Waals surface area contributed by atoms with E-state index in [2.05, 4.69) is 130 Å². The van der Waals surface area contributed by atoms with Gasteiger partial charge in [-0.2, -0.15) is 0 Å². The Morgan fingerprint density at radius 2 is 0.679 bits per heavy atom. The lowest BCUT2D eigenvalue weighted by atomic mass is 10.3. The first-order valence-corrected chi connectivity index (χ1v) is 10.8. The van der Waals surface area contributed by atoms with E-state index < -0.39 is 7.92 Å². The molecule has 0 saturated carbocycles. The van der Waals surface area contributed by atoms with Crippen LogP contribution in [0.5, 0.6) is 0 Å². The average Bonchev–Trinajstić information content (AvgIpc) is 2.69. The van der Waals surface area contributed by atoms with E-state index in [0.717, 1.165) is 0 Å². The van der Waals surface area contributed by atoms with E-state index in [1.807, 2.05) is 0 Å². The Hall–Kier alpha value is -2.51. The highest BCUT2D eigenvalue weighted by Crippen LogP contribution is 2.41. The molecule has 0 aliphatic rings. The molecule has 0 heterocycles. The first-order chi connectivity index (χ1) is 13.4. The van der Waals surface area contributed by atoms with Crippen molar-refractivity contribution in [1.82, 2.24) is 0 Å². The topological polar surface area (TPSA) is 9.72 Å². The zero-order valence-electron chi connectivity index (χ0n) is 17.7. The van der Waals surface area contributed by atoms with Crippen LogP contribution in [0.15, 0.2) is 72.8 Å². The Bertz CT molecular complexity index is 812. The fourth-order valence-corrected chi connectivity index (χ4v) is 6.48. The highest BCUT2D eigenvalue weighted by molar-refractivity contribution is 7.80. The van der Waals surface area contributed by atoms with Crippen LogP contribution in [-0.4, -0.2) is 42.3 Å². The smallest absolute Gasteiger partial charge is 0.0445 e. The first-order valence-electron chi connectivity index (χ1n) is 9.51. The van der Waals surface area contributed by atoms with Crippen molar-refractivity contribution in [1.29, 1.82) is 0 Å². The zero-order chi connectivity index (χ0) is 20.3. The van der Waals surface area contributed by atoms with Gasteiger partial charge >= 0.3 is 0 Å². The number of hydrogen-bond acceptors (Lipinski definition) is 3. The van der Waals surface area contributed by atoms with Crippen LogP contribution in [0.25, 0.3) is 0 Å². The summed E-state index contributed by atoms with van der Waals surface area (Å²) in [5.41, 5.74) is 3.82. The van der Waals surface area contributed by atoms with Crippen molar-refractivity contribution < 1.29 is 0 Å². The van der Waals surface area contributed by atoms with Crippen molar-refractivity contribution in [3.05, 3.63) is 72.8 Å². The van der Waals surface area contributed by atoms with E-state index in [9.17, 15) is 0 Å². The van der Waals surface area contributed by atoms with Gasteiger partial charge in [0, 0.05) is 75.3 Å². The van der Waals surface area contributed by atoms with Crippen molar-refractivity contribution >= 4 is 40.9 Å². The van der Waals surface area contributed by atoms with Crippen LogP contribution in [-0.2, 0) is 0 Å². The second-order valence-corrected chi connectivity index (χ2v) is 9.60. The van der Waals surface area contributed by atoms with Crippen molar-refractivity contribution in [3.63, 3.8) is 0 Å². The maximum absolute atomic E-state index is 2.29. The van der Waals surface area contributed by atoms with Crippen molar-refractivity contribution in [2.75, 3.05) is 57.0 Å². The highest BCUT2D eigenvalue weighted by atomic mass is 31.1. The van der Waals surface area contributed by atoms with E-state index in [4.69, 9.17) is 0 Å². The van der Waals surface area contributed by atoms with Gasteiger partial charge in [0.25, 0.3) is 0 Å². The van der Waals surface area contributed by atoms with E-state index in [1.165, 1.54) is 33.0 Å². The van der Waals surface area contributed by atoms with E-state index >= 15 is 0 Å². The summed E-state index contributed by atoms with van der Waals surface area (Å²) in [4.78, 5) is 6.67. The molecule has 3 aromatic carbocycles. The quantitative estimate of drug-likeness (QED) is 0.594. The predicted octanol–water partition coefficient (Wildman–Crippen LogP) is 3.64.